The van der Waals surface area contributed by atoms with Crippen LogP contribution in [-0.2, 0) is 6.54 Å². The number of hydrogen-bond acceptors (Lipinski definition) is 4. The van der Waals surface area contributed by atoms with Gasteiger partial charge in [0.25, 0.3) is 0 Å². The van der Waals surface area contributed by atoms with Gasteiger partial charge in [0.05, 0.1) is 5.56 Å². The van der Waals surface area contributed by atoms with Gasteiger partial charge >= 0.3 is 0 Å². The van der Waals surface area contributed by atoms with Gasteiger partial charge in [-0.1, -0.05) is 18.2 Å². The Morgan fingerprint density at radius 1 is 1.08 bits per heavy atom. The number of halogens is 1. The van der Waals surface area contributed by atoms with Gasteiger partial charge in [-0.2, -0.15) is 0 Å². The molecule has 1 aliphatic heterocycles. The number of piperazine rings is 1. The van der Waals surface area contributed by atoms with Crippen LogP contribution in [0.4, 0.5) is 4.39 Å². The van der Waals surface area contributed by atoms with E-state index in [-0.39, 0.29) is 5.82 Å². The fourth-order valence-electron chi connectivity index (χ4n) is 3.09. The van der Waals surface area contributed by atoms with Crippen LogP contribution in [0.25, 0.3) is 22.6 Å². The van der Waals surface area contributed by atoms with Crippen LogP contribution in [0.1, 0.15) is 5.56 Å². The number of fused-ring (bicyclic) bond motifs is 1. The molecule has 0 amide bonds. The average molecular weight is 325 g/mol. The normalized spacial score (nSPS) is 16.8. The summed E-state index contributed by atoms with van der Waals surface area (Å²) in [4.78, 5) is 9.26. The second-order valence-corrected chi connectivity index (χ2v) is 6.38. The van der Waals surface area contributed by atoms with E-state index in [1.165, 1.54) is 11.6 Å². The van der Waals surface area contributed by atoms with E-state index in [4.69, 9.17) is 4.42 Å². The van der Waals surface area contributed by atoms with Crippen LogP contribution in [0.5, 0.6) is 0 Å². The van der Waals surface area contributed by atoms with Crippen molar-refractivity contribution < 1.29 is 8.81 Å². The third-order valence-corrected chi connectivity index (χ3v) is 4.56. The Bertz CT molecular complexity index is 853. The lowest BCUT2D eigenvalue weighted by molar-refractivity contribution is 0.148. The first-order valence-electron chi connectivity index (χ1n) is 8.24. The number of nitrogens with zero attached hydrogens (tertiary/aromatic N) is 3. The summed E-state index contributed by atoms with van der Waals surface area (Å²) in [5, 5.41) is 0. The summed E-state index contributed by atoms with van der Waals surface area (Å²) in [6, 6.07) is 12.6. The first-order valence-corrected chi connectivity index (χ1v) is 8.24. The number of oxazole rings is 1. The molecule has 0 unspecified atom stereocenters. The number of benzene rings is 2. The van der Waals surface area contributed by atoms with Gasteiger partial charge in [-0.05, 0) is 36.9 Å². The van der Waals surface area contributed by atoms with Crippen LogP contribution in [0.3, 0.4) is 0 Å². The van der Waals surface area contributed by atoms with Gasteiger partial charge in [0.1, 0.15) is 11.3 Å². The molecule has 2 heterocycles. The van der Waals surface area contributed by atoms with Crippen molar-refractivity contribution in [2.45, 2.75) is 6.54 Å². The zero-order chi connectivity index (χ0) is 16.5. The lowest BCUT2D eigenvalue weighted by Crippen LogP contribution is -2.43. The number of likely N-dealkylation sites (N-methyl/N-ethyl adjacent to an activating group) is 1. The molecule has 1 fully saturated rings. The van der Waals surface area contributed by atoms with Crippen molar-refractivity contribution in [3.8, 4) is 11.5 Å². The Morgan fingerprint density at radius 2 is 1.88 bits per heavy atom. The first-order chi connectivity index (χ1) is 11.7. The molecule has 0 radical (unpaired) electrons. The molecule has 124 valence electrons. The highest BCUT2D eigenvalue weighted by atomic mass is 19.1. The highest BCUT2D eigenvalue weighted by Crippen LogP contribution is 2.27. The van der Waals surface area contributed by atoms with Crippen LogP contribution < -0.4 is 0 Å². The van der Waals surface area contributed by atoms with Crippen molar-refractivity contribution in [1.82, 2.24) is 14.8 Å². The maximum atomic E-state index is 13.9. The molecule has 1 aliphatic rings. The molecule has 0 N–H and O–H groups in total. The van der Waals surface area contributed by atoms with E-state index in [0.717, 1.165) is 38.2 Å². The Morgan fingerprint density at radius 3 is 2.67 bits per heavy atom. The molecule has 3 aromatic rings. The lowest BCUT2D eigenvalue weighted by Gasteiger charge is -2.32. The average Bonchev–Trinajstić information content (AvgIpc) is 3.00. The molecule has 1 aromatic heterocycles. The second-order valence-electron chi connectivity index (χ2n) is 6.38. The highest BCUT2D eigenvalue weighted by Gasteiger charge is 2.16. The molecule has 0 aliphatic carbocycles. The monoisotopic (exact) mass is 325 g/mol. The first kappa shape index (κ1) is 15.3. The summed E-state index contributed by atoms with van der Waals surface area (Å²) in [6.45, 7) is 5.26. The largest absolute Gasteiger partial charge is 0.436 e. The molecule has 24 heavy (non-hydrogen) atoms. The number of rotatable bonds is 3. The summed E-state index contributed by atoms with van der Waals surface area (Å²) in [7, 11) is 2.16. The predicted octanol–water partition coefficient (Wildman–Crippen LogP) is 3.38. The highest BCUT2D eigenvalue weighted by molar-refractivity contribution is 5.77. The van der Waals surface area contributed by atoms with Crippen molar-refractivity contribution in [3.63, 3.8) is 0 Å². The Labute approximate surface area is 140 Å². The van der Waals surface area contributed by atoms with Crippen LogP contribution in [0, 0.1) is 5.82 Å². The molecular weight excluding hydrogens is 305 g/mol. The third-order valence-electron chi connectivity index (χ3n) is 4.56. The summed E-state index contributed by atoms with van der Waals surface area (Å²) < 4.78 is 19.6. The smallest absolute Gasteiger partial charge is 0.230 e. The van der Waals surface area contributed by atoms with Gasteiger partial charge in [-0.3, -0.25) is 4.90 Å². The van der Waals surface area contributed by atoms with E-state index in [9.17, 15) is 4.39 Å². The van der Waals surface area contributed by atoms with Gasteiger partial charge in [0, 0.05) is 32.7 Å². The fraction of sp³-hybridized carbons (Fsp3) is 0.316. The molecule has 2 aromatic carbocycles. The Hall–Kier alpha value is -2.24. The molecule has 0 atom stereocenters. The SMILES string of the molecule is CN1CCN(Cc2ccc3oc(-c4ccccc4F)nc3c2)CC1. The van der Waals surface area contributed by atoms with E-state index in [1.54, 1.807) is 18.2 Å². The minimum Gasteiger partial charge on any atom is -0.436 e. The Balaban J connectivity index is 1.58. The number of aromatic nitrogens is 1. The second kappa shape index (κ2) is 6.34. The standard InChI is InChI=1S/C19H20FN3O/c1-22-8-10-23(11-9-22)13-14-6-7-18-17(12-14)21-19(24-18)15-4-2-3-5-16(15)20/h2-7,12H,8-11,13H2,1H3. The van der Waals surface area contributed by atoms with Crippen LogP contribution >= 0.6 is 0 Å². The van der Waals surface area contributed by atoms with E-state index < -0.39 is 0 Å². The van der Waals surface area contributed by atoms with Gasteiger partial charge in [-0.15, -0.1) is 0 Å². The van der Waals surface area contributed by atoms with Crippen molar-refractivity contribution in [3.05, 3.63) is 53.8 Å². The zero-order valence-electron chi connectivity index (χ0n) is 13.7. The molecule has 5 heteroatoms. The van der Waals surface area contributed by atoms with E-state index in [2.05, 4.69) is 27.9 Å². The van der Waals surface area contributed by atoms with Crippen molar-refractivity contribution in [2.24, 2.45) is 0 Å². The van der Waals surface area contributed by atoms with Crippen molar-refractivity contribution in [1.29, 1.82) is 0 Å². The van der Waals surface area contributed by atoms with Crippen LogP contribution in [0.2, 0.25) is 0 Å². The molecule has 4 rings (SSSR count). The molecule has 0 saturated carbocycles. The predicted molar refractivity (Wildman–Crippen MR) is 92.2 cm³/mol. The minimum atomic E-state index is -0.318. The maximum absolute atomic E-state index is 13.9. The van der Waals surface area contributed by atoms with E-state index >= 15 is 0 Å². The van der Waals surface area contributed by atoms with Gasteiger partial charge in [-0.25, -0.2) is 9.37 Å². The zero-order valence-corrected chi connectivity index (χ0v) is 13.7. The summed E-state index contributed by atoms with van der Waals surface area (Å²) >= 11 is 0. The van der Waals surface area contributed by atoms with Gasteiger partial charge in [0.2, 0.25) is 5.89 Å². The molecule has 0 bridgehead atoms. The van der Waals surface area contributed by atoms with Crippen LogP contribution in [0.15, 0.2) is 46.9 Å². The fourth-order valence-corrected chi connectivity index (χ4v) is 3.09. The summed E-state index contributed by atoms with van der Waals surface area (Å²) in [5.74, 6) is 0.0153. The lowest BCUT2D eigenvalue weighted by atomic mass is 10.2. The van der Waals surface area contributed by atoms with Crippen LogP contribution in [-0.4, -0.2) is 48.0 Å². The van der Waals surface area contributed by atoms with Gasteiger partial charge in [0.15, 0.2) is 5.58 Å². The quantitative estimate of drug-likeness (QED) is 0.739. The summed E-state index contributed by atoms with van der Waals surface area (Å²) in [6.07, 6.45) is 0. The number of hydrogen-bond donors (Lipinski definition) is 0. The minimum absolute atomic E-state index is 0.318. The summed E-state index contributed by atoms with van der Waals surface area (Å²) in [5.41, 5.74) is 3.07. The molecule has 4 nitrogen and oxygen atoms in total. The molecule has 1 saturated heterocycles. The third kappa shape index (κ3) is 3.05. The van der Waals surface area contributed by atoms with Gasteiger partial charge < -0.3 is 9.32 Å². The maximum Gasteiger partial charge on any atom is 0.230 e. The topological polar surface area (TPSA) is 32.5 Å². The van der Waals surface area contributed by atoms with Crippen molar-refractivity contribution >= 4 is 11.1 Å². The van der Waals surface area contributed by atoms with E-state index in [0.29, 0.717) is 17.0 Å². The Kier molecular flexibility index (Phi) is 4.04. The molecule has 0 spiro atoms. The molecular formula is C19H20FN3O. The van der Waals surface area contributed by atoms with E-state index in [1.807, 2.05) is 12.1 Å². The van der Waals surface area contributed by atoms with Crippen molar-refractivity contribution in [2.75, 3.05) is 33.2 Å².